The Morgan fingerprint density at radius 1 is 0.789 bits per heavy atom. The molecule has 5 heteroatoms. The predicted octanol–water partition coefficient (Wildman–Crippen LogP) is -0.136. The van der Waals surface area contributed by atoms with E-state index >= 15 is 0 Å². The molecule has 0 spiro atoms. The Balaban J connectivity index is 2.51. The number of benzene rings is 2. The van der Waals surface area contributed by atoms with E-state index in [9.17, 15) is 14.0 Å². The summed E-state index contributed by atoms with van der Waals surface area (Å²) in [5.41, 5.74) is -0.161. The van der Waals surface area contributed by atoms with E-state index in [2.05, 4.69) is 0 Å². The van der Waals surface area contributed by atoms with Gasteiger partial charge in [-0.15, -0.1) is 0 Å². The molecule has 0 aliphatic rings. The lowest BCUT2D eigenvalue weighted by molar-refractivity contribution is -1.92. The summed E-state index contributed by atoms with van der Waals surface area (Å²) in [7, 11) is -4.54. The normalized spacial score (nSPS) is 12.4. The Morgan fingerprint density at radius 3 is 1.47 bits per heavy atom. The molecule has 0 amide bonds. The molecule has 2 rings (SSSR count). The summed E-state index contributed by atoms with van der Waals surface area (Å²) < 4.78 is 37.8. The molecule has 0 atom stereocenters. The van der Waals surface area contributed by atoms with Crippen molar-refractivity contribution in [2.24, 2.45) is 0 Å². The largest absolute Gasteiger partial charge is 0.270 e. The van der Waals surface area contributed by atoms with Crippen molar-refractivity contribution in [3.8, 4) is 0 Å². The van der Waals surface area contributed by atoms with Gasteiger partial charge in [0.2, 0.25) is 0 Å². The van der Waals surface area contributed by atoms with Crippen LogP contribution >= 0.6 is 0 Å². The number of halogens is 1. The lowest BCUT2D eigenvalue weighted by Gasteiger charge is -2.27. The minimum absolute atomic E-state index is 0.591. The van der Waals surface area contributed by atoms with Gasteiger partial charge in [-0.1, -0.05) is 60.7 Å². The highest BCUT2D eigenvalue weighted by molar-refractivity contribution is 5.35. The van der Waals surface area contributed by atoms with Crippen LogP contribution in [0.5, 0.6) is 0 Å². The van der Waals surface area contributed by atoms with E-state index in [0.717, 1.165) is 0 Å². The predicted molar refractivity (Wildman–Crippen MR) is 60.4 cm³/mol. The molecule has 2 aromatic carbocycles. The second-order valence-corrected chi connectivity index (χ2v) is 5.13. The Hall–Kier alpha value is -1.43. The van der Waals surface area contributed by atoms with Crippen molar-refractivity contribution in [2.45, 2.75) is 12.5 Å². The summed E-state index contributed by atoms with van der Waals surface area (Å²) in [5, 5.41) is 0. The molecule has 0 saturated carbocycles. The fourth-order valence-corrected chi connectivity index (χ4v) is 2.51. The molecule has 4 nitrogen and oxygen atoms in total. The maximum absolute atomic E-state index is 11.0. The van der Waals surface area contributed by atoms with Gasteiger partial charge in [-0.3, -0.25) is 0 Å². The standard InChI is InChI=1S/C14H13ClO4/c1-14(19-15(16,17)18,12-8-4-2-5-9-12)13-10-6-3-7-11-13/h2-11H,1H3. The van der Waals surface area contributed by atoms with Gasteiger partial charge < -0.3 is 0 Å². The first-order chi connectivity index (χ1) is 8.92. The molecule has 0 radical (unpaired) electrons. The van der Waals surface area contributed by atoms with Crippen LogP contribution in [0.2, 0.25) is 0 Å². The molecule has 0 aromatic heterocycles. The molecular weight excluding hydrogens is 268 g/mol. The lowest BCUT2D eigenvalue weighted by Crippen LogP contribution is -2.63. The number of rotatable bonds is 4. The van der Waals surface area contributed by atoms with Crippen molar-refractivity contribution in [3.05, 3.63) is 71.8 Å². The molecular formula is C14H13ClO4. The first kappa shape index (κ1) is 14.0. The fourth-order valence-electron chi connectivity index (χ4n) is 1.96. The molecule has 0 saturated heterocycles. The zero-order valence-electron chi connectivity index (χ0n) is 10.3. The van der Waals surface area contributed by atoms with E-state index < -0.39 is 15.8 Å². The molecule has 0 aliphatic heterocycles. The van der Waals surface area contributed by atoms with Crippen molar-refractivity contribution in [2.75, 3.05) is 0 Å². The summed E-state index contributed by atoms with van der Waals surface area (Å²) in [4.78, 5) is 0. The SMILES string of the molecule is CC(O[Cl+3]([O-])([O-])[O-])(c1ccccc1)c1ccccc1. The van der Waals surface area contributed by atoms with E-state index in [-0.39, 0.29) is 0 Å². The van der Waals surface area contributed by atoms with Crippen LogP contribution in [-0.2, 0) is 9.89 Å². The average molecular weight is 281 g/mol. The molecule has 0 fully saturated rings. The van der Waals surface area contributed by atoms with Gasteiger partial charge in [0, 0.05) is 11.1 Å². The highest BCUT2D eigenvalue weighted by Gasteiger charge is 2.44. The van der Waals surface area contributed by atoms with Crippen molar-refractivity contribution in [3.63, 3.8) is 0 Å². The second-order valence-electron chi connectivity index (χ2n) is 4.22. The van der Waals surface area contributed by atoms with Gasteiger partial charge in [0.05, 0.1) is 14.5 Å². The Bertz CT molecular complexity index is 483. The summed E-state index contributed by atoms with van der Waals surface area (Å²) in [6.45, 7) is 1.56. The Morgan fingerprint density at radius 2 is 1.16 bits per heavy atom. The lowest BCUT2D eigenvalue weighted by atomic mass is 9.88. The first-order valence-corrected chi connectivity index (χ1v) is 6.88. The fraction of sp³-hybridized carbons (Fsp3) is 0.143. The molecule has 0 heterocycles. The van der Waals surface area contributed by atoms with Gasteiger partial charge in [-0.2, -0.15) is 14.0 Å². The van der Waals surface area contributed by atoms with Crippen LogP contribution in [0.25, 0.3) is 0 Å². The quantitative estimate of drug-likeness (QED) is 0.781. The van der Waals surface area contributed by atoms with Gasteiger partial charge in [0.1, 0.15) is 0 Å². The second kappa shape index (κ2) is 5.28. The van der Waals surface area contributed by atoms with Crippen LogP contribution < -0.4 is 14.0 Å². The van der Waals surface area contributed by atoms with Crippen molar-refractivity contribution in [1.82, 2.24) is 0 Å². The topological polar surface area (TPSA) is 78.4 Å². The zero-order valence-corrected chi connectivity index (χ0v) is 11.0. The molecule has 0 bridgehead atoms. The Labute approximate surface area is 113 Å². The van der Waals surface area contributed by atoms with E-state index in [1.807, 2.05) is 0 Å². The third-order valence-corrected chi connectivity index (χ3v) is 3.40. The van der Waals surface area contributed by atoms with Gasteiger partial charge >= 0.3 is 0 Å². The van der Waals surface area contributed by atoms with Gasteiger partial charge in [-0.25, -0.2) is 0 Å². The molecule has 0 unspecified atom stereocenters. The van der Waals surface area contributed by atoms with Crippen LogP contribution in [0.1, 0.15) is 18.1 Å². The molecule has 19 heavy (non-hydrogen) atoms. The first-order valence-electron chi connectivity index (χ1n) is 5.64. The van der Waals surface area contributed by atoms with Crippen LogP contribution in [0, 0.1) is 10.2 Å². The number of hydrogen-bond acceptors (Lipinski definition) is 4. The average Bonchev–Trinajstić information content (AvgIpc) is 2.39. The van der Waals surface area contributed by atoms with Crippen LogP contribution in [0.4, 0.5) is 0 Å². The van der Waals surface area contributed by atoms with E-state index in [0.29, 0.717) is 11.1 Å². The van der Waals surface area contributed by atoms with Gasteiger partial charge in [0.25, 0.3) is 5.60 Å². The smallest absolute Gasteiger partial charge is 0.183 e. The molecule has 100 valence electrons. The summed E-state index contributed by atoms with van der Waals surface area (Å²) >= 11 is 0. The van der Waals surface area contributed by atoms with Gasteiger partial charge in [0.15, 0.2) is 0 Å². The monoisotopic (exact) mass is 280 g/mol. The minimum atomic E-state index is -4.54. The highest BCUT2D eigenvalue weighted by atomic mass is 35.7. The Kier molecular flexibility index (Phi) is 3.89. The van der Waals surface area contributed by atoms with Gasteiger partial charge in [-0.05, 0) is 6.92 Å². The highest BCUT2D eigenvalue weighted by Crippen LogP contribution is 2.34. The zero-order chi connectivity index (χ0) is 13.9. The van der Waals surface area contributed by atoms with Crippen molar-refractivity contribution < 1.29 is 28.5 Å². The number of hydrogen-bond donors (Lipinski definition) is 0. The van der Waals surface area contributed by atoms with E-state index in [1.165, 1.54) is 0 Å². The molecule has 2 aromatic rings. The maximum Gasteiger partial charge on any atom is 0.270 e. The molecule has 0 N–H and O–H groups in total. The molecule has 0 aliphatic carbocycles. The van der Waals surface area contributed by atoms with Crippen molar-refractivity contribution in [1.29, 1.82) is 0 Å². The van der Waals surface area contributed by atoms with E-state index in [1.54, 1.807) is 67.6 Å². The van der Waals surface area contributed by atoms with Crippen LogP contribution in [-0.4, -0.2) is 0 Å². The van der Waals surface area contributed by atoms with E-state index in [4.69, 9.17) is 4.29 Å². The third kappa shape index (κ3) is 3.32. The van der Waals surface area contributed by atoms with Crippen LogP contribution in [0.3, 0.4) is 0 Å². The summed E-state index contributed by atoms with van der Waals surface area (Å²) in [5.74, 6) is 0. The van der Waals surface area contributed by atoms with Crippen LogP contribution in [0.15, 0.2) is 60.7 Å². The minimum Gasteiger partial charge on any atom is -0.183 e. The summed E-state index contributed by atoms with van der Waals surface area (Å²) in [6, 6.07) is 17.5. The summed E-state index contributed by atoms with van der Waals surface area (Å²) in [6.07, 6.45) is 0. The maximum atomic E-state index is 11.0. The third-order valence-electron chi connectivity index (χ3n) is 2.90. The van der Waals surface area contributed by atoms with Crippen molar-refractivity contribution >= 4 is 0 Å².